The summed E-state index contributed by atoms with van der Waals surface area (Å²) in [5.41, 5.74) is 2.72. The van der Waals surface area contributed by atoms with Crippen molar-refractivity contribution >= 4 is 33.5 Å². The smallest absolute Gasteiger partial charge is 0.358 e. The lowest BCUT2D eigenvalue weighted by atomic mass is 10.0. The molecule has 0 aliphatic carbocycles. The van der Waals surface area contributed by atoms with Crippen molar-refractivity contribution < 1.29 is 24.9 Å². The average molecular weight is 404 g/mol. The molecular weight excluding hydrogens is 384 g/mol. The summed E-state index contributed by atoms with van der Waals surface area (Å²) in [6.45, 7) is 5.70. The third kappa shape index (κ3) is 4.05. The van der Waals surface area contributed by atoms with Gasteiger partial charge in [-0.05, 0) is 43.9 Å². The van der Waals surface area contributed by atoms with Gasteiger partial charge < -0.3 is 15.3 Å². The zero-order valence-electron chi connectivity index (χ0n) is 16.7. The van der Waals surface area contributed by atoms with E-state index in [0.29, 0.717) is 5.39 Å². The number of carboxylic acid groups (broad SMARTS) is 2. The fraction of sp³-hybridized carbons (Fsp3) is 0.130. The number of benzene rings is 2. The van der Waals surface area contributed by atoms with Crippen LogP contribution in [0.25, 0.3) is 21.5 Å². The number of aromatic carboxylic acids is 2. The van der Waals surface area contributed by atoms with Crippen LogP contribution in [0.3, 0.4) is 0 Å². The molecule has 0 saturated carbocycles. The third-order valence-electron chi connectivity index (χ3n) is 4.72. The standard InChI is InChI=1S/C12H11NO2.C11H9NO3/c1-7-3-4-10-8(2)11(12(14)15)13-6-9(10)5-7;1-6-2-3-8-7(4-6)5-12-9(10(8)13)11(14)15/h3-6H,1-2H3,(H,14,15);2-5,13H,1H3,(H,14,15). The van der Waals surface area contributed by atoms with E-state index in [9.17, 15) is 14.7 Å². The van der Waals surface area contributed by atoms with Gasteiger partial charge in [0.25, 0.3) is 0 Å². The van der Waals surface area contributed by atoms with Crippen LogP contribution in [-0.4, -0.2) is 37.2 Å². The molecule has 7 heteroatoms. The molecule has 0 spiro atoms. The van der Waals surface area contributed by atoms with Gasteiger partial charge in [-0.15, -0.1) is 0 Å². The molecule has 0 radical (unpaired) electrons. The summed E-state index contributed by atoms with van der Waals surface area (Å²) in [7, 11) is 0. The van der Waals surface area contributed by atoms with E-state index in [1.807, 2.05) is 44.2 Å². The quantitative estimate of drug-likeness (QED) is 0.450. The maximum Gasteiger partial charge on any atom is 0.358 e. The molecule has 0 unspecified atom stereocenters. The minimum absolute atomic E-state index is 0.131. The minimum atomic E-state index is -1.23. The summed E-state index contributed by atoms with van der Waals surface area (Å²) >= 11 is 0. The maximum absolute atomic E-state index is 10.9. The van der Waals surface area contributed by atoms with Crippen molar-refractivity contribution in [2.24, 2.45) is 0 Å². The summed E-state index contributed by atoms with van der Waals surface area (Å²) in [4.78, 5) is 29.2. The van der Waals surface area contributed by atoms with Crippen molar-refractivity contribution in [2.75, 3.05) is 0 Å². The van der Waals surface area contributed by atoms with Crippen LogP contribution < -0.4 is 0 Å². The van der Waals surface area contributed by atoms with Gasteiger partial charge in [0, 0.05) is 28.6 Å². The first kappa shape index (κ1) is 20.7. The lowest BCUT2D eigenvalue weighted by Gasteiger charge is -2.05. The SMILES string of the molecule is Cc1ccc2c(C)c(C(=O)O)ncc2c1.Cc1ccc2c(O)c(C(=O)O)ncc2c1. The molecule has 0 atom stereocenters. The van der Waals surface area contributed by atoms with E-state index >= 15 is 0 Å². The minimum Gasteiger partial charge on any atom is -0.505 e. The van der Waals surface area contributed by atoms with Crippen LogP contribution in [0.2, 0.25) is 0 Å². The second-order valence-corrected chi connectivity index (χ2v) is 6.98. The fourth-order valence-corrected chi connectivity index (χ4v) is 3.19. The van der Waals surface area contributed by atoms with E-state index in [1.54, 1.807) is 19.2 Å². The third-order valence-corrected chi connectivity index (χ3v) is 4.72. The Balaban J connectivity index is 0.000000171. The van der Waals surface area contributed by atoms with Crippen molar-refractivity contribution in [3.05, 3.63) is 76.9 Å². The predicted octanol–water partition coefficient (Wildman–Crippen LogP) is 4.50. The van der Waals surface area contributed by atoms with E-state index < -0.39 is 11.9 Å². The van der Waals surface area contributed by atoms with Crippen LogP contribution in [0.4, 0.5) is 0 Å². The number of aromatic hydroxyl groups is 1. The summed E-state index contributed by atoms with van der Waals surface area (Å²) in [5, 5.41) is 30.5. The summed E-state index contributed by atoms with van der Waals surface area (Å²) < 4.78 is 0. The molecule has 4 rings (SSSR count). The van der Waals surface area contributed by atoms with E-state index in [-0.39, 0.29) is 17.1 Å². The number of hydrogen-bond donors (Lipinski definition) is 3. The molecule has 0 fully saturated rings. The van der Waals surface area contributed by atoms with Crippen molar-refractivity contribution in [3.63, 3.8) is 0 Å². The zero-order chi connectivity index (χ0) is 22.0. The molecular formula is C23H20N2O5. The van der Waals surface area contributed by atoms with E-state index in [4.69, 9.17) is 10.2 Å². The Labute approximate surface area is 172 Å². The highest BCUT2D eigenvalue weighted by Gasteiger charge is 2.14. The Bertz CT molecular complexity index is 1200. The van der Waals surface area contributed by atoms with Crippen LogP contribution in [-0.2, 0) is 0 Å². The molecule has 30 heavy (non-hydrogen) atoms. The number of rotatable bonds is 2. The molecule has 7 nitrogen and oxygen atoms in total. The second kappa shape index (κ2) is 8.16. The molecule has 0 amide bonds. The lowest BCUT2D eigenvalue weighted by molar-refractivity contribution is 0.0677. The number of carboxylic acids is 2. The predicted molar refractivity (Wildman–Crippen MR) is 113 cm³/mol. The van der Waals surface area contributed by atoms with Gasteiger partial charge in [-0.2, -0.15) is 0 Å². The molecule has 0 aliphatic heterocycles. The van der Waals surface area contributed by atoms with Crippen LogP contribution in [0.1, 0.15) is 37.7 Å². The van der Waals surface area contributed by atoms with Crippen LogP contribution in [0, 0.1) is 20.8 Å². The van der Waals surface area contributed by atoms with Gasteiger partial charge in [0.15, 0.2) is 17.1 Å². The fourth-order valence-electron chi connectivity index (χ4n) is 3.19. The van der Waals surface area contributed by atoms with Crippen molar-refractivity contribution in [3.8, 4) is 5.75 Å². The van der Waals surface area contributed by atoms with E-state index in [1.165, 1.54) is 6.20 Å². The van der Waals surface area contributed by atoms with E-state index in [0.717, 1.165) is 32.8 Å². The number of fused-ring (bicyclic) bond motifs is 2. The average Bonchev–Trinajstić information content (AvgIpc) is 2.68. The highest BCUT2D eigenvalue weighted by Crippen LogP contribution is 2.27. The number of aromatic nitrogens is 2. The highest BCUT2D eigenvalue weighted by molar-refractivity contribution is 5.98. The molecule has 0 aliphatic rings. The van der Waals surface area contributed by atoms with Gasteiger partial charge in [0.05, 0.1) is 0 Å². The Morgan fingerprint density at radius 3 is 1.73 bits per heavy atom. The van der Waals surface area contributed by atoms with Gasteiger partial charge in [0.2, 0.25) is 0 Å². The molecule has 2 aromatic carbocycles. The molecule has 0 bridgehead atoms. The summed E-state index contributed by atoms with van der Waals surface area (Å²) in [5.74, 6) is -2.48. The molecule has 2 heterocycles. The monoisotopic (exact) mass is 404 g/mol. The van der Waals surface area contributed by atoms with E-state index in [2.05, 4.69) is 9.97 Å². The van der Waals surface area contributed by atoms with Crippen molar-refractivity contribution in [1.82, 2.24) is 9.97 Å². The van der Waals surface area contributed by atoms with Crippen LogP contribution in [0.5, 0.6) is 5.75 Å². The van der Waals surface area contributed by atoms with Gasteiger partial charge in [-0.25, -0.2) is 19.6 Å². The summed E-state index contributed by atoms with van der Waals surface area (Å²) in [6.07, 6.45) is 3.06. The Morgan fingerprint density at radius 2 is 1.20 bits per heavy atom. The molecule has 0 saturated heterocycles. The highest BCUT2D eigenvalue weighted by atomic mass is 16.4. The number of carbonyl (C=O) groups is 2. The largest absolute Gasteiger partial charge is 0.505 e. The number of pyridine rings is 2. The normalized spacial score (nSPS) is 10.5. The second-order valence-electron chi connectivity index (χ2n) is 6.98. The topological polar surface area (TPSA) is 121 Å². The Hall–Kier alpha value is -4.00. The summed E-state index contributed by atoms with van der Waals surface area (Å²) in [6, 6.07) is 11.3. The van der Waals surface area contributed by atoms with Gasteiger partial charge >= 0.3 is 11.9 Å². The number of aryl methyl sites for hydroxylation is 3. The first-order valence-electron chi connectivity index (χ1n) is 9.10. The van der Waals surface area contributed by atoms with Crippen molar-refractivity contribution in [1.29, 1.82) is 0 Å². The molecule has 2 aromatic heterocycles. The van der Waals surface area contributed by atoms with Crippen LogP contribution >= 0.6 is 0 Å². The van der Waals surface area contributed by atoms with Crippen molar-refractivity contribution in [2.45, 2.75) is 20.8 Å². The zero-order valence-corrected chi connectivity index (χ0v) is 16.7. The van der Waals surface area contributed by atoms with Gasteiger partial charge in [-0.3, -0.25) is 0 Å². The molecule has 4 aromatic rings. The van der Waals surface area contributed by atoms with Gasteiger partial charge in [-0.1, -0.05) is 35.4 Å². The molecule has 152 valence electrons. The number of hydrogen-bond acceptors (Lipinski definition) is 5. The number of nitrogens with zero attached hydrogens (tertiary/aromatic N) is 2. The first-order chi connectivity index (χ1) is 14.2. The van der Waals surface area contributed by atoms with Crippen LogP contribution in [0.15, 0.2) is 48.8 Å². The Kier molecular flexibility index (Phi) is 5.64. The first-order valence-corrected chi connectivity index (χ1v) is 9.10. The lowest BCUT2D eigenvalue weighted by Crippen LogP contribution is -2.03. The van der Waals surface area contributed by atoms with Gasteiger partial charge in [0.1, 0.15) is 0 Å². The molecule has 3 N–H and O–H groups in total. The Morgan fingerprint density at radius 1 is 0.733 bits per heavy atom. The maximum atomic E-state index is 10.9.